The monoisotopic (exact) mass is 285 g/mol. The molecule has 0 atom stereocenters. The lowest BCUT2D eigenvalue weighted by atomic mass is 10.0. The third kappa shape index (κ3) is 17.5. The van der Waals surface area contributed by atoms with Gasteiger partial charge in [0.25, 0.3) is 0 Å². The zero-order chi connectivity index (χ0) is 14.9. The van der Waals surface area contributed by atoms with Gasteiger partial charge in [0.2, 0.25) is 0 Å². The molecule has 0 aliphatic rings. The summed E-state index contributed by atoms with van der Waals surface area (Å²) in [5.41, 5.74) is 0. The third-order valence-electron chi connectivity index (χ3n) is 3.99. The Morgan fingerprint density at radius 1 is 0.600 bits per heavy atom. The maximum Gasteiger partial charge on any atom is 0.303 e. The molecule has 0 saturated carbocycles. The van der Waals surface area contributed by atoms with E-state index in [9.17, 15) is 4.79 Å². The van der Waals surface area contributed by atoms with Gasteiger partial charge in [0.15, 0.2) is 0 Å². The van der Waals surface area contributed by atoms with Gasteiger partial charge in [-0.25, -0.2) is 0 Å². The van der Waals surface area contributed by atoms with Crippen molar-refractivity contribution in [3.8, 4) is 0 Å². The second-order valence-electron chi connectivity index (χ2n) is 6.09. The molecule has 0 aliphatic heterocycles. The molecule has 0 aromatic heterocycles. The van der Waals surface area contributed by atoms with Crippen molar-refractivity contribution in [2.45, 2.75) is 110 Å². The van der Waals surface area contributed by atoms with Crippen molar-refractivity contribution in [3.05, 3.63) is 0 Å². The molecule has 0 fully saturated rings. The van der Waals surface area contributed by atoms with Crippen LogP contribution in [0.1, 0.15) is 110 Å². The molecule has 0 aromatic rings. The zero-order valence-electron chi connectivity index (χ0n) is 13.7. The summed E-state index contributed by atoms with van der Waals surface area (Å²) in [7, 11) is 0. The van der Waals surface area contributed by atoms with Crippen LogP contribution in [0.2, 0.25) is 0 Å². The minimum atomic E-state index is -0.653. The van der Waals surface area contributed by atoms with Crippen LogP contribution in [0.5, 0.6) is 0 Å². The molecule has 0 amide bonds. The Morgan fingerprint density at radius 2 is 0.900 bits per heavy atom. The minimum absolute atomic E-state index is 0.345. The summed E-state index contributed by atoms with van der Waals surface area (Å²) < 4.78 is 0. The zero-order valence-corrected chi connectivity index (χ0v) is 13.7. The largest absolute Gasteiger partial charge is 0.481 e. The third-order valence-corrected chi connectivity index (χ3v) is 3.99. The van der Waals surface area contributed by atoms with E-state index in [0.29, 0.717) is 6.42 Å². The number of unbranched alkanes of at least 4 members (excludes halogenated alkanes) is 14. The molecule has 0 bridgehead atoms. The van der Waals surface area contributed by atoms with Crippen LogP contribution in [0.4, 0.5) is 0 Å². The van der Waals surface area contributed by atoms with Gasteiger partial charge in [-0.3, -0.25) is 4.79 Å². The summed E-state index contributed by atoms with van der Waals surface area (Å²) in [4.78, 5) is 10.3. The predicted octanol–water partition coefficient (Wildman–Crippen LogP) is 6.33. The Labute approximate surface area is 126 Å². The van der Waals surface area contributed by atoms with E-state index in [4.69, 9.17) is 5.11 Å². The normalized spacial score (nSPS) is 10.8. The Balaban J connectivity index is 2.94. The molecule has 120 valence electrons. The fourth-order valence-corrected chi connectivity index (χ4v) is 2.65. The average Bonchev–Trinajstić information content (AvgIpc) is 2.43. The van der Waals surface area contributed by atoms with E-state index in [1.54, 1.807) is 0 Å². The van der Waals surface area contributed by atoms with Crippen molar-refractivity contribution in [1.29, 1.82) is 0 Å². The Kier molecular flexibility index (Phi) is 16.1. The van der Waals surface area contributed by atoms with Gasteiger partial charge in [-0.05, 0) is 6.42 Å². The predicted molar refractivity (Wildman–Crippen MR) is 87.2 cm³/mol. The van der Waals surface area contributed by atoms with Crippen molar-refractivity contribution < 1.29 is 9.90 Å². The highest BCUT2D eigenvalue weighted by molar-refractivity contribution is 5.66. The van der Waals surface area contributed by atoms with Gasteiger partial charge in [0.05, 0.1) is 0 Å². The topological polar surface area (TPSA) is 37.3 Å². The summed E-state index contributed by atoms with van der Waals surface area (Å²) in [6.45, 7) is 2.27. The molecule has 2 nitrogen and oxygen atoms in total. The second-order valence-corrected chi connectivity index (χ2v) is 6.09. The molecule has 0 radical (unpaired) electrons. The molecule has 1 N–H and O–H groups in total. The molecule has 0 spiro atoms. The molecular formula is C18H36O2. The number of carboxylic acids is 1. The Hall–Kier alpha value is -0.530. The number of aliphatic carboxylic acids is 1. The number of carbonyl (C=O) groups is 1. The van der Waals surface area contributed by atoms with Gasteiger partial charge in [-0.2, -0.15) is 0 Å². The molecule has 0 rings (SSSR count). The van der Waals surface area contributed by atoms with Crippen LogP contribution in [-0.2, 0) is 4.79 Å². The summed E-state index contributed by atoms with van der Waals surface area (Å²) in [6, 6.07) is 0. The lowest BCUT2D eigenvalue weighted by Crippen LogP contribution is -1.93. The summed E-state index contributed by atoms with van der Waals surface area (Å²) in [5.74, 6) is -0.653. The van der Waals surface area contributed by atoms with Crippen LogP contribution >= 0.6 is 0 Å². The lowest BCUT2D eigenvalue weighted by Gasteiger charge is -2.03. The first kappa shape index (κ1) is 19.5. The smallest absolute Gasteiger partial charge is 0.303 e. The molecule has 0 saturated heterocycles. The van der Waals surface area contributed by atoms with E-state index in [0.717, 1.165) is 12.8 Å². The molecule has 0 aliphatic carbocycles. The van der Waals surface area contributed by atoms with E-state index in [-0.39, 0.29) is 0 Å². The van der Waals surface area contributed by atoms with Crippen molar-refractivity contribution >= 4 is 5.97 Å². The fourth-order valence-electron chi connectivity index (χ4n) is 2.65. The molecular weight excluding hydrogens is 249 g/mol. The van der Waals surface area contributed by atoms with E-state index < -0.39 is 5.97 Å². The van der Waals surface area contributed by atoms with Crippen LogP contribution < -0.4 is 0 Å². The summed E-state index contributed by atoms with van der Waals surface area (Å²) >= 11 is 0. The van der Waals surface area contributed by atoms with Gasteiger partial charge in [0.1, 0.15) is 0 Å². The lowest BCUT2D eigenvalue weighted by molar-refractivity contribution is -0.137. The maximum absolute atomic E-state index is 10.3. The van der Waals surface area contributed by atoms with Gasteiger partial charge >= 0.3 is 5.97 Å². The first-order valence-corrected chi connectivity index (χ1v) is 8.99. The van der Waals surface area contributed by atoms with E-state index in [1.807, 2.05) is 0 Å². The highest BCUT2D eigenvalue weighted by Gasteiger charge is 1.97. The van der Waals surface area contributed by atoms with E-state index in [1.165, 1.54) is 83.5 Å². The van der Waals surface area contributed by atoms with Gasteiger partial charge < -0.3 is 5.11 Å². The Morgan fingerprint density at radius 3 is 1.20 bits per heavy atom. The van der Waals surface area contributed by atoms with Crippen molar-refractivity contribution in [2.24, 2.45) is 0 Å². The van der Waals surface area contributed by atoms with Crippen molar-refractivity contribution in [3.63, 3.8) is 0 Å². The highest BCUT2D eigenvalue weighted by Crippen LogP contribution is 2.13. The quantitative estimate of drug-likeness (QED) is 0.265. The number of carboxylic acid groups (broad SMARTS) is 1. The summed E-state index contributed by atoms with van der Waals surface area (Å²) in [5, 5.41) is 8.52. The number of hydrogen-bond acceptors (Lipinski definition) is 1. The van der Waals surface area contributed by atoms with Crippen molar-refractivity contribution in [2.75, 3.05) is 0 Å². The molecule has 0 unspecified atom stereocenters. The van der Waals surface area contributed by atoms with Gasteiger partial charge in [0, 0.05) is 6.42 Å². The van der Waals surface area contributed by atoms with Crippen LogP contribution in [0, 0.1) is 0 Å². The van der Waals surface area contributed by atoms with Gasteiger partial charge in [-0.1, -0.05) is 96.8 Å². The van der Waals surface area contributed by atoms with E-state index in [2.05, 4.69) is 6.92 Å². The standard InChI is InChI=1S/C18H36O2/c1-2-3-4-5-6-7-8-9-10-11-12-13-14-15-16-17-18(19)20/h2-17H2,1H3,(H,19,20)/i1+1. The second kappa shape index (κ2) is 16.5. The summed E-state index contributed by atoms with van der Waals surface area (Å²) in [6.07, 6.45) is 20.2. The van der Waals surface area contributed by atoms with E-state index >= 15 is 0 Å². The van der Waals surface area contributed by atoms with Crippen molar-refractivity contribution in [1.82, 2.24) is 0 Å². The molecule has 20 heavy (non-hydrogen) atoms. The fraction of sp³-hybridized carbons (Fsp3) is 0.944. The molecule has 2 heteroatoms. The number of rotatable bonds is 16. The van der Waals surface area contributed by atoms with Gasteiger partial charge in [-0.15, -0.1) is 0 Å². The molecule has 0 aromatic carbocycles. The number of hydrogen-bond donors (Lipinski definition) is 1. The van der Waals surface area contributed by atoms with Crippen LogP contribution in [-0.4, -0.2) is 11.1 Å². The highest BCUT2D eigenvalue weighted by atomic mass is 16.4. The SMILES string of the molecule is [13CH3]CCCCCCCCCCCCCCCCC(=O)O. The first-order valence-electron chi connectivity index (χ1n) is 8.99. The van der Waals surface area contributed by atoms with Crippen LogP contribution in [0.25, 0.3) is 0 Å². The molecule has 0 heterocycles. The average molecular weight is 285 g/mol. The first-order chi connectivity index (χ1) is 9.77. The minimum Gasteiger partial charge on any atom is -0.481 e. The van der Waals surface area contributed by atoms with Crippen LogP contribution in [0.3, 0.4) is 0 Å². The Bertz CT molecular complexity index is 202. The van der Waals surface area contributed by atoms with Crippen LogP contribution in [0.15, 0.2) is 0 Å². The maximum atomic E-state index is 10.3.